The van der Waals surface area contributed by atoms with Crippen molar-refractivity contribution in [3.63, 3.8) is 0 Å². The first-order valence-electron chi connectivity index (χ1n) is 10.5. The molecule has 8 nitrogen and oxygen atoms in total. The minimum absolute atomic E-state index is 0.0749. The van der Waals surface area contributed by atoms with E-state index in [0.717, 1.165) is 53.8 Å². The van der Waals surface area contributed by atoms with Gasteiger partial charge in [0, 0.05) is 29.2 Å². The zero-order chi connectivity index (χ0) is 22.1. The smallest absolute Gasteiger partial charge is 0.341 e. The van der Waals surface area contributed by atoms with Crippen LogP contribution in [0.5, 0.6) is 0 Å². The normalized spacial score (nSPS) is 14.2. The number of amides is 1. The average Bonchev–Trinajstić information content (AvgIpc) is 3.45. The molecule has 3 aromatic heterocycles. The van der Waals surface area contributed by atoms with E-state index in [1.165, 1.54) is 11.3 Å². The van der Waals surface area contributed by atoms with Crippen molar-refractivity contribution in [3.8, 4) is 11.3 Å². The summed E-state index contributed by atoms with van der Waals surface area (Å²) in [6.07, 6.45) is 6.06. The summed E-state index contributed by atoms with van der Waals surface area (Å²) in [7, 11) is 1.84. The highest BCUT2D eigenvalue weighted by molar-refractivity contribution is 7.17. The molecule has 0 bridgehead atoms. The molecule has 164 valence electrons. The summed E-state index contributed by atoms with van der Waals surface area (Å²) in [5.74, 6) is -0.754. The van der Waals surface area contributed by atoms with Gasteiger partial charge in [0.15, 0.2) is 0 Å². The second-order valence-corrected chi connectivity index (χ2v) is 8.94. The Hall–Kier alpha value is -2.94. The highest BCUT2D eigenvalue weighted by Crippen LogP contribution is 2.39. The van der Waals surface area contributed by atoms with E-state index in [1.54, 1.807) is 16.9 Å². The lowest BCUT2D eigenvalue weighted by atomic mass is 9.95. The average molecular weight is 443 g/mol. The molecule has 9 heteroatoms. The van der Waals surface area contributed by atoms with Crippen LogP contribution in [-0.2, 0) is 24.6 Å². The summed E-state index contributed by atoms with van der Waals surface area (Å²) >= 11 is 1.45. The summed E-state index contributed by atoms with van der Waals surface area (Å²) in [6, 6.07) is 1.59. The summed E-state index contributed by atoms with van der Waals surface area (Å²) in [5.41, 5.74) is 3.74. The molecule has 3 aromatic rings. The second kappa shape index (κ2) is 8.66. The number of nitrogens with zero attached hydrogens (tertiary/aromatic N) is 3. The van der Waals surface area contributed by atoms with Crippen molar-refractivity contribution in [3.05, 3.63) is 39.7 Å². The van der Waals surface area contributed by atoms with Crippen molar-refractivity contribution in [2.24, 2.45) is 7.05 Å². The van der Waals surface area contributed by atoms with Crippen molar-refractivity contribution < 1.29 is 18.8 Å². The van der Waals surface area contributed by atoms with Crippen LogP contribution < -0.4 is 5.32 Å². The van der Waals surface area contributed by atoms with Crippen molar-refractivity contribution >= 4 is 28.2 Å². The van der Waals surface area contributed by atoms with Crippen LogP contribution in [0.2, 0.25) is 0 Å². The molecule has 1 aliphatic carbocycles. The number of aryl methyl sites for hydroxylation is 2. The molecule has 0 aromatic carbocycles. The van der Waals surface area contributed by atoms with E-state index in [9.17, 15) is 9.59 Å². The molecule has 1 atom stereocenters. The fourth-order valence-electron chi connectivity index (χ4n) is 3.62. The van der Waals surface area contributed by atoms with Gasteiger partial charge >= 0.3 is 5.97 Å². The van der Waals surface area contributed by atoms with Crippen LogP contribution in [0, 0.1) is 6.92 Å². The minimum Gasteiger partial charge on any atom is -0.459 e. The Kier molecular flexibility index (Phi) is 5.95. The molecule has 1 aliphatic rings. The van der Waals surface area contributed by atoms with Gasteiger partial charge in [-0.3, -0.25) is 9.48 Å². The number of fused-ring (bicyclic) bond motifs is 1. The summed E-state index contributed by atoms with van der Waals surface area (Å²) in [4.78, 5) is 26.9. The van der Waals surface area contributed by atoms with Gasteiger partial charge in [-0.25, -0.2) is 4.79 Å². The quantitative estimate of drug-likeness (QED) is 0.563. The summed E-state index contributed by atoms with van der Waals surface area (Å²) in [5, 5.41) is 11.6. The molecule has 0 aliphatic heterocycles. The van der Waals surface area contributed by atoms with Crippen LogP contribution in [0.15, 0.2) is 16.8 Å². The SMILES string of the molecule is CC[C@@H](C)OC(=O)c1c(NC(=O)c2cc(-c3cnn(C)c3C)no2)sc2c1CCCC2. The molecule has 0 saturated heterocycles. The van der Waals surface area contributed by atoms with Crippen molar-refractivity contribution in [2.45, 2.75) is 59.0 Å². The molecule has 1 amide bonds. The van der Waals surface area contributed by atoms with Crippen molar-refractivity contribution in [2.75, 3.05) is 5.32 Å². The fraction of sp³-hybridized carbons (Fsp3) is 0.455. The predicted octanol–water partition coefficient (Wildman–Crippen LogP) is 4.53. The van der Waals surface area contributed by atoms with E-state index in [1.807, 2.05) is 27.8 Å². The van der Waals surface area contributed by atoms with Gasteiger partial charge in [-0.15, -0.1) is 11.3 Å². The number of rotatable bonds is 6. The Labute approximate surface area is 184 Å². The monoisotopic (exact) mass is 442 g/mol. The van der Waals surface area contributed by atoms with E-state index < -0.39 is 5.91 Å². The number of anilines is 1. The number of hydrogen-bond donors (Lipinski definition) is 1. The predicted molar refractivity (Wildman–Crippen MR) is 118 cm³/mol. The number of hydrogen-bond acceptors (Lipinski definition) is 7. The first kappa shape index (κ1) is 21.3. The molecule has 0 spiro atoms. The van der Waals surface area contributed by atoms with Gasteiger partial charge in [-0.1, -0.05) is 12.1 Å². The fourth-order valence-corrected chi connectivity index (χ4v) is 4.89. The molecular formula is C22H26N4O4S. The van der Waals surface area contributed by atoms with Crippen LogP contribution in [0.4, 0.5) is 5.00 Å². The number of aromatic nitrogens is 3. The maximum absolute atomic E-state index is 12.9. The number of thiophene rings is 1. The van der Waals surface area contributed by atoms with E-state index >= 15 is 0 Å². The molecule has 4 rings (SSSR count). The molecular weight excluding hydrogens is 416 g/mol. The van der Waals surface area contributed by atoms with Gasteiger partial charge in [0.1, 0.15) is 10.7 Å². The van der Waals surface area contributed by atoms with E-state index in [-0.39, 0.29) is 17.8 Å². The van der Waals surface area contributed by atoms with Gasteiger partial charge in [0.25, 0.3) is 5.91 Å². The maximum Gasteiger partial charge on any atom is 0.341 e. The first-order valence-corrected chi connectivity index (χ1v) is 11.3. The number of nitrogens with one attached hydrogen (secondary N) is 1. The van der Waals surface area contributed by atoms with E-state index in [4.69, 9.17) is 9.26 Å². The number of esters is 1. The highest BCUT2D eigenvalue weighted by atomic mass is 32.1. The van der Waals surface area contributed by atoms with Crippen LogP contribution in [0.3, 0.4) is 0 Å². The lowest BCUT2D eigenvalue weighted by Crippen LogP contribution is -2.18. The minimum atomic E-state index is -0.448. The Bertz CT molecular complexity index is 1130. The van der Waals surface area contributed by atoms with Crippen LogP contribution in [0.1, 0.15) is 70.2 Å². The highest BCUT2D eigenvalue weighted by Gasteiger charge is 2.29. The Morgan fingerprint density at radius 1 is 1.35 bits per heavy atom. The zero-order valence-corrected chi connectivity index (χ0v) is 19.0. The van der Waals surface area contributed by atoms with Crippen LogP contribution in [0.25, 0.3) is 11.3 Å². The van der Waals surface area contributed by atoms with Crippen LogP contribution >= 0.6 is 11.3 Å². The molecule has 0 fully saturated rings. The molecule has 3 heterocycles. The standard InChI is InChI=1S/C22H26N4O4S/c1-5-12(2)29-22(28)19-14-8-6-7-9-18(14)31-21(19)24-20(27)17-10-16(25-30-17)15-11-23-26(4)13(15)3/h10-12H,5-9H2,1-4H3,(H,24,27)/t12-/m1/s1. The molecule has 0 radical (unpaired) electrons. The van der Waals surface area contributed by atoms with Crippen molar-refractivity contribution in [1.82, 2.24) is 14.9 Å². The van der Waals surface area contributed by atoms with Crippen LogP contribution in [-0.4, -0.2) is 32.9 Å². The summed E-state index contributed by atoms with van der Waals surface area (Å²) < 4.78 is 12.6. The third kappa shape index (κ3) is 4.14. The van der Waals surface area contributed by atoms with Gasteiger partial charge in [0.2, 0.25) is 5.76 Å². The lowest BCUT2D eigenvalue weighted by molar-refractivity contribution is 0.0335. The van der Waals surface area contributed by atoms with E-state index in [0.29, 0.717) is 16.3 Å². The van der Waals surface area contributed by atoms with Gasteiger partial charge in [-0.2, -0.15) is 5.10 Å². The second-order valence-electron chi connectivity index (χ2n) is 7.84. The number of carbonyl (C=O) groups excluding carboxylic acids is 2. The first-order chi connectivity index (χ1) is 14.9. The Morgan fingerprint density at radius 2 is 2.13 bits per heavy atom. The third-order valence-corrected chi connectivity index (χ3v) is 6.94. The summed E-state index contributed by atoms with van der Waals surface area (Å²) in [6.45, 7) is 5.75. The zero-order valence-electron chi connectivity index (χ0n) is 18.2. The number of ether oxygens (including phenoxy) is 1. The maximum atomic E-state index is 12.9. The molecule has 0 saturated carbocycles. The topological polar surface area (TPSA) is 99.2 Å². The van der Waals surface area contributed by atoms with E-state index in [2.05, 4.69) is 15.6 Å². The molecule has 0 unspecified atom stereocenters. The third-order valence-electron chi connectivity index (χ3n) is 5.73. The Balaban J connectivity index is 1.60. The van der Waals surface area contributed by atoms with Gasteiger partial charge in [-0.05, 0) is 51.5 Å². The molecule has 31 heavy (non-hydrogen) atoms. The van der Waals surface area contributed by atoms with Gasteiger partial charge < -0.3 is 14.6 Å². The lowest BCUT2D eigenvalue weighted by Gasteiger charge is -2.15. The number of carbonyl (C=O) groups is 2. The Morgan fingerprint density at radius 3 is 2.84 bits per heavy atom. The largest absolute Gasteiger partial charge is 0.459 e. The van der Waals surface area contributed by atoms with Crippen molar-refractivity contribution in [1.29, 1.82) is 0 Å². The van der Waals surface area contributed by atoms with Gasteiger partial charge in [0.05, 0.1) is 17.9 Å². The molecule has 1 N–H and O–H groups in total.